The average molecular weight is 322 g/mol. The number of aryl methyl sites for hydroxylation is 1. The van der Waals surface area contributed by atoms with E-state index in [-0.39, 0.29) is 27.7 Å². The van der Waals surface area contributed by atoms with Crippen LogP contribution in [-0.2, 0) is 10.0 Å². The first kappa shape index (κ1) is 15.8. The Balaban J connectivity index is 2.53. The molecule has 1 aromatic carbocycles. The van der Waals surface area contributed by atoms with Crippen LogP contribution in [0, 0.1) is 6.92 Å². The summed E-state index contributed by atoms with van der Waals surface area (Å²) in [7, 11) is -3.96. The van der Waals surface area contributed by atoms with Crippen molar-refractivity contribution in [3.8, 4) is 0 Å². The van der Waals surface area contributed by atoms with E-state index in [9.17, 15) is 18.0 Å². The molecule has 1 heterocycles. The van der Waals surface area contributed by atoms with Crippen LogP contribution in [0.3, 0.4) is 0 Å². The lowest BCUT2D eigenvalue weighted by molar-refractivity contribution is 0.0974. The van der Waals surface area contributed by atoms with Gasteiger partial charge in [-0.05, 0) is 26.0 Å². The number of furan rings is 1. The van der Waals surface area contributed by atoms with Gasteiger partial charge in [-0.3, -0.25) is 9.59 Å². The van der Waals surface area contributed by atoms with Crippen LogP contribution in [-0.4, -0.2) is 20.1 Å². The highest BCUT2D eigenvalue weighted by molar-refractivity contribution is 7.92. The standard InChI is InChI=1S/C14H14N2O5S/c1-8(17)11-9(2)21-14(12(11)13(15)18)16-22(19,20)10-6-4-3-5-7-10/h3-7,16H,1-2H3,(H2,15,18). The Labute approximate surface area is 127 Å². The van der Waals surface area contributed by atoms with E-state index in [2.05, 4.69) is 4.72 Å². The van der Waals surface area contributed by atoms with Crippen molar-refractivity contribution in [2.75, 3.05) is 4.72 Å². The number of amides is 1. The summed E-state index contributed by atoms with van der Waals surface area (Å²) in [4.78, 5) is 23.1. The molecule has 0 saturated carbocycles. The van der Waals surface area contributed by atoms with Gasteiger partial charge in [0, 0.05) is 0 Å². The Morgan fingerprint density at radius 2 is 1.73 bits per heavy atom. The highest BCUT2D eigenvalue weighted by Crippen LogP contribution is 2.29. The fourth-order valence-corrected chi connectivity index (χ4v) is 3.08. The van der Waals surface area contributed by atoms with Crippen LogP contribution in [0.25, 0.3) is 0 Å². The third-order valence-corrected chi connectivity index (χ3v) is 4.31. The topological polar surface area (TPSA) is 119 Å². The smallest absolute Gasteiger partial charge is 0.264 e. The highest BCUT2D eigenvalue weighted by Gasteiger charge is 2.28. The van der Waals surface area contributed by atoms with Crippen molar-refractivity contribution in [3.63, 3.8) is 0 Å². The third kappa shape index (κ3) is 2.86. The summed E-state index contributed by atoms with van der Waals surface area (Å²) >= 11 is 0. The molecule has 0 aliphatic rings. The second-order valence-electron chi connectivity index (χ2n) is 4.58. The molecule has 0 saturated heterocycles. The van der Waals surface area contributed by atoms with Crippen LogP contribution in [0.15, 0.2) is 39.6 Å². The van der Waals surface area contributed by atoms with Gasteiger partial charge in [-0.2, -0.15) is 0 Å². The first-order chi connectivity index (χ1) is 10.2. The number of hydrogen-bond acceptors (Lipinski definition) is 5. The summed E-state index contributed by atoms with van der Waals surface area (Å²) in [5, 5.41) is 0. The largest absolute Gasteiger partial charge is 0.443 e. The minimum Gasteiger partial charge on any atom is -0.443 e. The van der Waals surface area contributed by atoms with Crippen molar-refractivity contribution in [1.82, 2.24) is 0 Å². The van der Waals surface area contributed by atoms with Gasteiger partial charge in [0.2, 0.25) is 5.88 Å². The number of nitrogens with two attached hydrogens (primary N) is 1. The zero-order chi connectivity index (χ0) is 16.5. The lowest BCUT2D eigenvalue weighted by Crippen LogP contribution is -2.19. The van der Waals surface area contributed by atoms with Crippen molar-refractivity contribution in [2.45, 2.75) is 18.7 Å². The molecular weight excluding hydrogens is 308 g/mol. The van der Waals surface area contributed by atoms with E-state index in [1.807, 2.05) is 0 Å². The highest BCUT2D eigenvalue weighted by atomic mass is 32.2. The molecule has 8 heteroatoms. The lowest BCUT2D eigenvalue weighted by atomic mass is 10.1. The first-order valence-corrected chi connectivity index (χ1v) is 7.74. The summed E-state index contributed by atoms with van der Waals surface area (Å²) in [5.74, 6) is -1.64. The molecule has 0 unspecified atom stereocenters. The van der Waals surface area contributed by atoms with Gasteiger partial charge in [0.25, 0.3) is 15.9 Å². The summed E-state index contributed by atoms with van der Waals surface area (Å²) in [6, 6.07) is 7.54. The fraction of sp³-hybridized carbons (Fsp3) is 0.143. The van der Waals surface area contributed by atoms with Crippen molar-refractivity contribution < 1.29 is 22.4 Å². The van der Waals surface area contributed by atoms with Gasteiger partial charge in [0.15, 0.2) is 5.78 Å². The van der Waals surface area contributed by atoms with Crippen molar-refractivity contribution in [1.29, 1.82) is 0 Å². The van der Waals surface area contributed by atoms with E-state index in [0.717, 1.165) is 0 Å². The molecule has 2 rings (SSSR count). The van der Waals surface area contributed by atoms with Crippen LogP contribution >= 0.6 is 0 Å². The van der Waals surface area contributed by atoms with Crippen LogP contribution in [0.1, 0.15) is 33.4 Å². The second kappa shape index (κ2) is 5.64. The number of ketones is 1. The van der Waals surface area contributed by atoms with Crippen molar-refractivity contribution >= 4 is 27.6 Å². The molecule has 22 heavy (non-hydrogen) atoms. The van der Waals surface area contributed by atoms with Gasteiger partial charge < -0.3 is 10.2 Å². The summed E-state index contributed by atoms with van der Waals surface area (Å²) < 4.78 is 31.9. The molecule has 0 aliphatic carbocycles. The quantitative estimate of drug-likeness (QED) is 0.812. The van der Waals surface area contributed by atoms with Gasteiger partial charge in [-0.15, -0.1) is 0 Å². The van der Waals surface area contributed by atoms with Gasteiger partial charge in [0.05, 0.1) is 10.5 Å². The molecule has 0 bridgehead atoms. The minimum absolute atomic E-state index is 0.0103. The maximum absolute atomic E-state index is 12.3. The van der Waals surface area contributed by atoms with Crippen molar-refractivity contribution in [2.24, 2.45) is 5.73 Å². The Bertz CT molecular complexity index is 838. The zero-order valence-electron chi connectivity index (χ0n) is 11.9. The average Bonchev–Trinajstić information content (AvgIpc) is 2.75. The van der Waals surface area contributed by atoms with Crippen LogP contribution in [0.2, 0.25) is 0 Å². The molecule has 0 fully saturated rings. The number of sulfonamides is 1. The lowest BCUT2D eigenvalue weighted by Gasteiger charge is -2.06. The van der Waals surface area contributed by atoms with Crippen molar-refractivity contribution in [3.05, 3.63) is 47.2 Å². The predicted octanol–water partition coefficient (Wildman–Crippen LogP) is 1.69. The normalized spacial score (nSPS) is 11.2. The molecule has 7 nitrogen and oxygen atoms in total. The van der Waals surface area contributed by atoms with E-state index in [0.29, 0.717) is 0 Å². The third-order valence-electron chi connectivity index (χ3n) is 2.96. The van der Waals surface area contributed by atoms with E-state index in [1.165, 1.54) is 26.0 Å². The maximum Gasteiger partial charge on any atom is 0.264 e. The number of benzene rings is 1. The van der Waals surface area contributed by atoms with Crippen LogP contribution < -0.4 is 10.5 Å². The fourth-order valence-electron chi connectivity index (χ4n) is 2.06. The van der Waals surface area contributed by atoms with Crippen LogP contribution in [0.5, 0.6) is 0 Å². The molecule has 1 amide bonds. The zero-order valence-corrected chi connectivity index (χ0v) is 12.7. The SMILES string of the molecule is CC(=O)c1c(C)oc(NS(=O)(=O)c2ccccc2)c1C(N)=O. The predicted molar refractivity (Wildman–Crippen MR) is 79.2 cm³/mol. The molecular formula is C14H14N2O5S. The van der Waals surface area contributed by atoms with Gasteiger partial charge in [-0.1, -0.05) is 18.2 Å². The Hall–Kier alpha value is -2.61. The van der Waals surface area contributed by atoms with Gasteiger partial charge in [0.1, 0.15) is 11.3 Å². The molecule has 0 spiro atoms. The summed E-state index contributed by atoms with van der Waals surface area (Å²) in [6.07, 6.45) is 0. The van der Waals surface area contributed by atoms with Gasteiger partial charge >= 0.3 is 0 Å². The van der Waals surface area contributed by atoms with E-state index >= 15 is 0 Å². The van der Waals surface area contributed by atoms with E-state index < -0.39 is 21.7 Å². The molecule has 0 radical (unpaired) electrons. The number of hydrogen-bond donors (Lipinski definition) is 2. The van der Waals surface area contributed by atoms with Crippen LogP contribution in [0.4, 0.5) is 5.88 Å². The number of rotatable bonds is 5. The molecule has 0 atom stereocenters. The molecule has 2 aromatic rings. The van der Waals surface area contributed by atoms with E-state index in [1.54, 1.807) is 18.2 Å². The molecule has 0 aliphatic heterocycles. The molecule has 3 N–H and O–H groups in total. The number of Topliss-reactive ketones (excluding diaryl/α,β-unsaturated/α-hetero) is 1. The molecule has 1 aromatic heterocycles. The number of carbonyl (C=O) groups excluding carboxylic acids is 2. The Morgan fingerprint density at radius 1 is 1.14 bits per heavy atom. The monoisotopic (exact) mass is 322 g/mol. The first-order valence-electron chi connectivity index (χ1n) is 6.26. The number of nitrogens with one attached hydrogen (secondary N) is 1. The second-order valence-corrected chi connectivity index (χ2v) is 6.26. The Morgan fingerprint density at radius 3 is 2.23 bits per heavy atom. The number of anilines is 1. The summed E-state index contributed by atoms with van der Waals surface area (Å²) in [5.41, 5.74) is 4.94. The number of carbonyl (C=O) groups is 2. The van der Waals surface area contributed by atoms with Gasteiger partial charge in [-0.25, -0.2) is 13.1 Å². The van der Waals surface area contributed by atoms with E-state index in [4.69, 9.17) is 10.2 Å². The maximum atomic E-state index is 12.3. The Kier molecular flexibility index (Phi) is 4.05. The number of primary amides is 1. The summed E-state index contributed by atoms with van der Waals surface area (Å²) in [6.45, 7) is 2.68. The molecule has 116 valence electrons. The minimum atomic E-state index is -3.96.